The van der Waals surface area contributed by atoms with Crippen LogP contribution in [0.1, 0.15) is 12.5 Å². The topological polar surface area (TPSA) is 63.7 Å². The van der Waals surface area contributed by atoms with Crippen LogP contribution in [-0.2, 0) is 14.3 Å². The monoisotopic (exact) mass is 399 g/mol. The standard InChI is InChI=1S/C20H17NO4S2/c1-13(19(23)25-2)21-18(22)17(27-20(21)24)12-14-8-10-16(11-9-14)26-15-6-4-3-5-7-15/h3-13H,1-2H3. The highest BCUT2D eigenvalue weighted by atomic mass is 32.2. The first-order valence-electron chi connectivity index (χ1n) is 8.17. The number of carbonyl (C=O) groups is 3. The molecule has 7 heteroatoms. The van der Waals surface area contributed by atoms with Crippen molar-refractivity contribution in [2.75, 3.05) is 7.11 Å². The van der Waals surface area contributed by atoms with E-state index < -0.39 is 23.2 Å². The molecule has 0 aliphatic carbocycles. The summed E-state index contributed by atoms with van der Waals surface area (Å²) in [4.78, 5) is 39.7. The van der Waals surface area contributed by atoms with Crippen LogP contribution in [0.25, 0.3) is 6.08 Å². The number of ether oxygens (including phenoxy) is 1. The second kappa shape index (κ2) is 8.45. The second-order valence-corrected chi connectivity index (χ2v) is 7.88. The number of nitrogens with zero attached hydrogens (tertiary/aromatic N) is 1. The quantitative estimate of drug-likeness (QED) is 0.547. The number of carbonyl (C=O) groups excluding carboxylic acids is 3. The van der Waals surface area contributed by atoms with Crippen LogP contribution in [-0.4, -0.2) is 35.2 Å². The van der Waals surface area contributed by atoms with Gasteiger partial charge in [-0.05, 0) is 54.6 Å². The summed E-state index contributed by atoms with van der Waals surface area (Å²) in [7, 11) is 1.22. The zero-order valence-electron chi connectivity index (χ0n) is 14.7. The van der Waals surface area contributed by atoms with Crippen LogP contribution < -0.4 is 0 Å². The Morgan fingerprint density at radius 2 is 1.70 bits per heavy atom. The van der Waals surface area contributed by atoms with E-state index in [9.17, 15) is 14.4 Å². The molecule has 27 heavy (non-hydrogen) atoms. The van der Waals surface area contributed by atoms with Crippen LogP contribution in [0.5, 0.6) is 0 Å². The summed E-state index contributed by atoms with van der Waals surface area (Å²) in [5.41, 5.74) is 0.809. The summed E-state index contributed by atoms with van der Waals surface area (Å²) in [5.74, 6) is -1.11. The average Bonchev–Trinajstić information content (AvgIpc) is 2.96. The van der Waals surface area contributed by atoms with Gasteiger partial charge in [0, 0.05) is 9.79 Å². The highest BCUT2D eigenvalue weighted by molar-refractivity contribution is 8.18. The minimum absolute atomic E-state index is 0.291. The van der Waals surface area contributed by atoms with Crippen LogP contribution in [0, 0.1) is 0 Å². The molecule has 1 fully saturated rings. The number of rotatable bonds is 5. The second-order valence-electron chi connectivity index (χ2n) is 5.73. The lowest BCUT2D eigenvalue weighted by atomic mass is 10.2. The smallest absolute Gasteiger partial charge is 0.328 e. The first-order chi connectivity index (χ1) is 13.0. The fourth-order valence-electron chi connectivity index (χ4n) is 2.50. The molecule has 2 amide bonds. The molecule has 1 unspecified atom stereocenters. The highest BCUT2D eigenvalue weighted by Gasteiger charge is 2.41. The maximum atomic E-state index is 12.5. The first kappa shape index (κ1) is 19.3. The average molecular weight is 399 g/mol. The molecule has 2 aromatic carbocycles. The van der Waals surface area contributed by atoms with E-state index in [1.54, 1.807) is 17.8 Å². The summed E-state index contributed by atoms with van der Waals surface area (Å²) in [5, 5.41) is -0.472. The Morgan fingerprint density at radius 1 is 1.07 bits per heavy atom. The predicted molar refractivity (Wildman–Crippen MR) is 106 cm³/mol. The van der Waals surface area contributed by atoms with E-state index in [2.05, 4.69) is 4.74 Å². The highest BCUT2D eigenvalue weighted by Crippen LogP contribution is 2.34. The van der Waals surface area contributed by atoms with Crippen LogP contribution in [0.2, 0.25) is 0 Å². The Morgan fingerprint density at radius 3 is 2.33 bits per heavy atom. The van der Waals surface area contributed by atoms with Gasteiger partial charge in [0.05, 0.1) is 12.0 Å². The molecule has 1 heterocycles. The maximum absolute atomic E-state index is 12.5. The van der Waals surface area contributed by atoms with Crippen molar-refractivity contribution >= 4 is 46.7 Å². The van der Waals surface area contributed by atoms with Gasteiger partial charge in [0.1, 0.15) is 6.04 Å². The predicted octanol–water partition coefficient (Wildman–Crippen LogP) is 4.44. The maximum Gasteiger partial charge on any atom is 0.328 e. The van der Waals surface area contributed by atoms with Gasteiger partial charge in [-0.3, -0.25) is 14.5 Å². The summed E-state index contributed by atoms with van der Waals surface area (Å²) < 4.78 is 4.62. The van der Waals surface area contributed by atoms with Gasteiger partial charge in [-0.15, -0.1) is 0 Å². The van der Waals surface area contributed by atoms with E-state index in [-0.39, 0.29) is 0 Å². The Labute approximate surface area is 165 Å². The molecule has 0 N–H and O–H groups in total. The summed E-state index contributed by atoms with van der Waals surface area (Å²) in [6.07, 6.45) is 1.66. The van der Waals surface area contributed by atoms with Gasteiger partial charge in [0.2, 0.25) is 0 Å². The number of esters is 1. The molecule has 138 valence electrons. The van der Waals surface area contributed by atoms with Gasteiger partial charge >= 0.3 is 5.97 Å². The zero-order chi connectivity index (χ0) is 19.4. The van der Waals surface area contributed by atoms with Crippen LogP contribution in [0.4, 0.5) is 4.79 Å². The molecule has 0 spiro atoms. The Bertz CT molecular complexity index is 894. The molecule has 5 nitrogen and oxygen atoms in total. The molecule has 3 rings (SSSR count). The van der Waals surface area contributed by atoms with E-state index in [1.165, 1.54) is 14.0 Å². The SMILES string of the molecule is COC(=O)C(C)N1C(=O)SC(=Cc2ccc(Sc3ccccc3)cc2)C1=O. The van der Waals surface area contributed by atoms with Crippen molar-refractivity contribution in [1.82, 2.24) is 4.90 Å². The minimum Gasteiger partial charge on any atom is -0.467 e. The van der Waals surface area contributed by atoms with Gasteiger partial charge in [-0.25, -0.2) is 4.79 Å². The molecule has 0 aromatic heterocycles. The van der Waals surface area contributed by atoms with Crippen molar-refractivity contribution in [3.63, 3.8) is 0 Å². The first-order valence-corrected chi connectivity index (χ1v) is 9.81. The summed E-state index contributed by atoms with van der Waals surface area (Å²) in [6.45, 7) is 1.47. The normalized spacial score (nSPS) is 16.7. The summed E-state index contributed by atoms with van der Waals surface area (Å²) >= 11 is 2.47. The number of hydrogen-bond acceptors (Lipinski definition) is 6. The van der Waals surface area contributed by atoms with E-state index in [1.807, 2.05) is 54.6 Å². The number of amides is 2. The fraction of sp³-hybridized carbons (Fsp3) is 0.150. The van der Waals surface area contributed by atoms with Gasteiger partial charge in [-0.2, -0.15) is 0 Å². The lowest BCUT2D eigenvalue weighted by molar-refractivity contribution is -0.148. The zero-order valence-corrected chi connectivity index (χ0v) is 16.4. The molecule has 1 aliphatic rings. The third-order valence-corrected chi connectivity index (χ3v) is 5.81. The van der Waals surface area contributed by atoms with Crippen molar-refractivity contribution < 1.29 is 19.1 Å². The largest absolute Gasteiger partial charge is 0.467 e. The van der Waals surface area contributed by atoms with Crippen LogP contribution >= 0.6 is 23.5 Å². The summed E-state index contributed by atoms with van der Waals surface area (Å²) in [6, 6.07) is 16.8. The molecule has 0 saturated carbocycles. The van der Waals surface area contributed by atoms with E-state index in [0.29, 0.717) is 4.91 Å². The van der Waals surface area contributed by atoms with Gasteiger partial charge in [-0.1, -0.05) is 42.1 Å². The van der Waals surface area contributed by atoms with Gasteiger partial charge < -0.3 is 4.74 Å². The number of thioether (sulfide) groups is 1. The molecule has 0 radical (unpaired) electrons. The van der Waals surface area contributed by atoms with Gasteiger partial charge in [0.25, 0.3) is 11.1 Å². The van der Waals surface area contributed by atoms with Crippen molar-refractivity contribution in [3.8, 4) is 0 Å². The fourth-order valence-corrected chi connectivity index (χ4v) is 4.24. The van der Waals surface area contributed by atoms with Crippen LogP contribution in [0.15, 0.2) is 69.3 Å². The third kappa shape index (κ3) is 4.43. The van der Waals surface area contributed by atoms with Crippen molar-refractivity contribution in [3.05, 3.63) is 65.1 Å². The van der Waals surface area contributed by atoms with Gasteiger partial charge in [0.15, 0.2) is 0 Å². The Kier molecular flexibility index (Phi) is 6.03. The Balaban J connectivity index is 1.74. The molecular formula is C20H17NO4S2. The molecule has 1 saturated heterocycles. The molecule has 2 aromatic rings. The molecule has 1 atom stereocenters. The van der Waals surface area contributed by atoms with E-state index >= 15 is 0 Å². The van der Waals surface area contributed by atoms with E-state index in [0.717, 1.165) is 32.0 Å². The third-order valence-electron chi connectivity index (χ3n) is 3.91. The molecule has 1 aliphatic heterocycles. The van der Waals surface area contributed by atoms with Crippen molar-refractivity contribution in [2.45, 2.75) is 22.8 Å². The van der Waals surface area contributed by atoms with Crippen molar-refractivity contribution in [2.24, 2.45) is 0 Å². The Hall–Kier alpha value is -2.51. The van der Waals surface area contributed by atoms with Crippen LogP contribution in [0.3, 0.4) is 0 Å². The minimum atomic E-state index is -0.946. The van der Waals surface area contributed by atoms with Crippen molar-refractivity contribution in [1.29, 1.82) is 0 Å². The number of benzene rings is 2. The number of methoxy groups -OCH3 is 1. The lowest BCUT2D eigenvalue weighted by Gasteiger charge is -2.18. The van der Waals surface area contributed by atoms with E-state index in [4.69, 9.17) is 0 Å². The lowest BCUT2D eigenvalue weighted by Crippen LogP contribution is -2.42. The number of hydrogen-bond donors (Lipinski definition) is 0. The number of imide groups is 1. The molecule has 0 bridgehead atoms. The molecular weight excluding hydrogens is 382 g/mol.